The standard InChI is InChI=1S/C21H31BrOSi/c1-15(2)24(16(3)4,17(5)6)12-8-11-21(7)14-18-13-19(22)9-10-20(18)23-21/h9-10,13,15-17H,11,14H2,1-7H3. The highest BCUT2D eigenvalue weighted by Gasteiger charge is 2.42. The van der Waals surface area contributed by atoms with Gasteiger partial charge in [-0.1, -0.05) is 57.5 Å². The number of hydrogen-bond acceptors (Lipinski definition) is 1. The Bertz CT molecular complexity index is 632. The molecule has 1 aliphatic heterocycles. The zero-order valence-electron chi connectivity index (χ0n) is 16.2. The smallest absolute Gasteiger partial charge is 0.145 e. The first-order valence-corrected chi connectivity index (χ1v) is 12.1. The van der Waals surface area contributed by atoms with Crippen LogP contribution < -0.4 is 4.74 Å². The van der Waals surface area contributed by atoms with Crippen molar-refractivity contribution < 1.29 is 4.74 Å². The molecule has 1 nitrogen and oxygen atoms in total. The van der Waals surface area contributed by atoms with Crippen LogP contribution in [0.5, 0.6) is 5.75 Å². The van der Waals surface area contributed by atoms with Crippen LogP contribution in [0.3, 0.4) is 0 Å². The maximum absolute atomic E-state index is 6.24. The van der Waals surface area contributed by atoms with E-state index in [1.165, 1.54) is 5.56 Å². The molecule has 0 spiro atoms. The van der Waals surface area contributed by atoms with E-state index in [0.29, 0.717) is 16.6 Å². The van der Waals surface area contributed by atoms with E-state index in [0.717, 1.165) is 23.1 Å². The normalized spacial score (nSPS) is 20.1. The molecule has 0 aliphatic carbocycles. The topological polar surface area (TPSA) is 9.23 Å². The molecule has 0 N–H and O–H groups in total. The van der Waals surface area contributed by atoms with Crippen LogP contribution in [0, 0.1) is 11.5 Å². The molecular weight excluding hydrogens is 376 g/mol. The molecule has 0 amide bonds. The Morgan fingerprint density at radius 1 is 1.12 bits per heavy atom. The summed E-state index contributed by atoms with van der Waals surface area (Å²) < 4.78 is 7.35. The van der Waals surface area contributed by atoms with E-state index < -0.39 is 8.07 Å². The molecule has 1 unspecified atom stereocenters. The summed E-state index contributed by atoms with van der Waals surface area (Å²) in [6.07, 6.45) is 1.75. The predicted molar refractivity (Wildman–Crippen MR) is 110 cm³/mol. The molecule has 0 aromatic heterocycles. The minimum absolute atomic E-state index is 0.193. The third kappa shape index (κ3) is 3.75. The Morgan fingerprint density at radius 2 is 1.71 bits per heavy atom. The monoisotopic (exact) mass is 406 g/mol. The van der Waals surface area contributed by atoms with Crippen molar-refractivity contribution in [3.63, 3.8) is 0 Å². The molecule has 0 radical (unpaired) electrons. The van der Waals surface area contributed by atoms with Crippen molar-refractivity contribution in [1.82, 2.24) is 0 Å². The van der Waals surface area contributed by atoms with Crippen molar-refractivity contribution in [3.8, 4) is 17.2 Å². The van der Waals surface area contributed by atoms with Crippen LogP contribution in [-0.2, 0) is 6.42 Å². The predicted octanol–water partition coefficient (Wildman–Crippen LogP) is 6.75. The zero-order chi connectivity index (χ0) is 18.1. The fourth-order valence-corrected chi connectivity index (χ4v) is 10.1. The second-order valence-corrected chi connectivity index (χ2v) is 14.9. The fraction of sp³-hybridized carbons (Fsp3) is 0.619. The highest BCUT2D eigenvalue weighted by Crippen LogP contribution is 2.41. The molecule has 1 aliphatic rings. The summed E-state index contributed by atoms with van der Waals surface area (Å²) in [5, 5.41) is 0. The van der Waals surface area contributed by atoms with Gasteiger partial charge in [-0.2, -0.15) is 0 Å². The minimum atomic E-state index is -1.65. The van der Waals surface area contributed by atoms with Crippen molar-refractivity contribution in [3.05, 3.63) is 28.2 Å². The summed E-state index contributed by atoms with van der Waals surface area (Å²) in [7, 11) is -1.65. The molecule has 24 heavy (non-hydrogen) atoms. The van der Waals surface area contributed by atoms with Crippen molar-refractivity contribution in [1.29, 1.82) is 0 Å². The lowest BCUT2D eigenvalue weighted by Gasteiger charge is -2.38. The summed E-state index contributed by atoms with van der Waals surface area (Å²) in [5.41, 5.74) is 6.94. The Balaban J connectivity index is 2.20. The summed E-state index contributed by atoms with van der Waals surface area (Å²) in [5.74, 6) is 4.59. The third-order valence-electron chi connectivity index (χ3n) is 5.58. The van der Waals surface area contributed by atoms with Gasteiger partial charge in [-0.3, -0.25) is 0 Å². The molecule has 1 aromatic rings. The maximum atomic E-state index is 6.24. The van der Waals surface area contributed by atoms with Gasteiger partial charge >= 0.3 is 0 Å². The average molecular weight is 407 g/mol. The lowest BCUT2D eigenvalue weighted by molar-refractivity contribution is 0.122. The fourth-order valence-electron chi connectivity index (χ4n) is 4.41. The first-order valence-electron chi connectivity index (χ1n) is 9.08. The van der Waals surface area contributed by atoms with Crippen LogP contribution in [0.2, 0.25) is 16.6 Å². The van der Waals surface area contributed by atoms with Gasteiger partial charge in [0.15, 0.2) is 0 Å². The van der Waals surface area contributed by atoms with Crippen molar-refractivity contribution in [2.24, 2.45) is 0 Å². The summed E-state index contributed by atoms with van der Waals surface area (Å²) in [4.78, 5) is 0. The molecule has 0 saturated heterocycles. The number of benzene rings is 1. The maximum Gasteiger partial charge on any atom is 0.145 e. The lowest BCUT2D eigenvalue weighted by atomic mass is 9.96. The van der Waals surface area contributed by atoms with Gasteiger partial charge in [0.25, 0.3) is 0 Å². The van der Waals surface area contributed by atoms with E-state index in [1.54, 1.807) is 0 Å². The van der Waals surface area contributed by atoms with Crippen LogP contribution >= 0.6 is 15.9 Å². The van der Waals surface area contributed by atoms with Crippen molar-refractivity contribution in [2.45, 2.75) is 83.5 Å². The average Bonchev–Trinajstić information content (AvgIpc) is 2.78. The van der Waals surface area contributed by atoms with E-state index in [2.05, 4.69) is 88.0 Å². The van der Waals surface area contributed by atoms with Crippen LogP contribution in [0.25, 0.3) is 0 Å². The van der Waals surface area contributed by atoms with Gasteiger partial charge < -0.3 is 4.74 Å². The Kier molecular flexibility index (Phi) is 5.93. The van der Waals surface area contributed by atoms with Crippen LogP contribution in [0.4, 0.5) is 0 Å². The van der Waals surface area contributed by atoms with Crippen molar-refractivity contribution in [2.75, 3.05) is 0 Å². The first kappa shape index (κ1) is 19.6. The zero-order valence-corrected chi connectivity index (χ0v) is 18.8. The number of fused-ring (bicyclic) bond motifs is 1. The molecule has 3 heteroatoms. The Morgan fingerprint density at radius 3 is 2.25 bits per heavy atom. The molecule has 1 atom stereocenters. The van der Waals surface area contributed by atoms with E-state index in [1.807, 2.05) is 6.07 Å². The molecule has 1 aromatic carbocycles. The van der Waals surface area contributed by atoms with Crippen molar-refractivity contribution >= 4 is 24.0 Å². The number of rotatable bonds is 4. The van der Waals surface area contributed by atoms with Crippen LogP contribution in [-0.4, -0.2) is 13.7 Å². The van der Waals surface area contributed by atoms with Gasteiger partial charge in [0, 0.05) is 17.3 Å². The highest BCUT2D eigenvalue weighted by atomic mass is 79.9. The second-order valence-electron chi connectivity index (χ2n) is 8.36. The Hall–Kier alpha value is -0.723. The van der Waals surface area contributed by atoms with E-state index in [4.69, 9.17) is 4.74 Å². The van der Waals surface area contributed by atoms with Crippen LogP contribution in [0.15, 0.2) is 22.7 Å². The molecule has 0 bridgehead atoms. The highest BCUT2D eigenvalue weighted by molar-refractivity contribution is 9.10. The molecule has 1 heterocycles. The summed E-state index contributed by atoms with van der Waals surface area (Å²) in [6, 6.07) is 6.28. The SMILES string of the molecule is CC(C)[Si](C#CCC1(C)Cc2cc(Br)ccc2O1)(C(C)C)C(C)C. The molecule has 0 fully saturated rings. The van der Waals surface area contributed by atoms with Gasteiger partial charge in [0.1, 0.15) is 19.4 Å². The first-order chi connectivity index (χ1) is 11.1. The van der Waals surface area contributed by atoms with E-state index >= 15 is 0 Å². The van der Waals surface area contributed by atoms with Gasteiger partial charge in [-0.05, 0) is 47.3 Å². The third-order valence-corrected chi connectivity index (χ3v) is 12.4. The minimum Gasteiger partial charge on any atom is -0.486 e. The number of hydrogen-bond donors (Lipinski definition) is 0. The molecule has 132 valence electrons. The van der Waals surface area contributed by atoms with Gasteiger partial charge in [0.2, 0.25) is 0 Å². The van der Waals surface area contributed by atoms with E-state index in [-0.39, 0.29) is 5.60 Å². The van der Waals surface area contributed by atoms with Gasteiger partial charge in [-0.25, -0.2) is 0 Å². The van der Waals surface area contributed by atoms with E-state index in [9.17, 15) is 0 Å². The molecular formula is C21H31BrOSi. The van der Waals surface area contributed by atoms with Crippen LogP contribution in [0.1, 0.15) is 60.5 Å². The molecule has 2 rings (SSSR count). The quantitative estimate of drug-likeness (QED) is 0.396. The van der Waals surface area contributed by atoms with Gasteiger partial charge in [-0.15, -0.1) is 11.5 Å². The Labute approximate surface area is 157 Å². The lowest BCUT2D eigenvalue weighted by Crippen LogP contribution is -2.43. The number of ether oxygens (including phenoxy) is 1. The van der Waals surface area contributed by atoms with Gasteiger partial charge in [0.05, 0.1) is 0 Å². The number of halogens is 1. The molecule has 0 saturated carbocycles. The second kappa shape index (κ2) is 7.26. The summed E-state index contributed by atoms with van der Waals surface area (Å²) in [6.45, 7) is 16.4. The largest absolute Gasteiger partial charge is 0.486 e. The summed E-state index contributed by atoms with van der Waals surface area (Å²) >= 11 is 3.55.